The molecule has 0 heterocycles. The highest BCUT2D eigenvalue weighted by molar-refractivity contribution is 9.10. The Bertz CT molecular complexity index is 868. The number of carbonyl (C=O) groups excluding carboxylic acids is 2. The Morgan fingerprint density at radius 2 is 1.48 bits per heavy atom. The van der Waals surface area contributed by atoms with Crippen molar-refractivity contribution in [3.05, 3.63) is 69.7 Å². The van der Waals surface area contributed by atoms with Gasteiger partial charge in [-0.2, -0.15) is 0 Å². The lowest BCUT2D eigenvalue weighted by atomic mass is 10.00. The molecule has 0 unspecified atom stereocenters. The van der Waals surface area contributed by atoms with E-state index in [0.29, 0.717) is 25.3 Å². The number of nitrogens with one attached hydrogen (secondary N) is 1. The van der Waals surface area contributed by atoms with Crippen LogP contribution in [0.5, 0.6) is 0 Å². The van der Waals surface area contributed by atoms with E-state index < -0.39 is 6.04 Å². The molecule has 1 atom stereocenters. The maximum Gasteiger partial charge on any atom is 0.242 e. The van der Waals surface area contributed by atoms with Crippen molar-refractivity contribution in [1.29, 1.82) is 0 Å². The van der Waals surface area contributed by atoms with Gasteiger partial charge in [0.05, 0.1) is 0 Å². The second-order valence-corrected chi connectivity index (χ2v) is 10.4. The largest absolute Gasteiger partial charge is 0.350 e. The maximum atomic E-state index is 13.2. The third-order valence-corrected chi connectivity index (χ3v) is 5.73. The predicted octanol–water partition coefficient (Wildman–Crippen LogP) is 5.84. The zero-order chi connectivity index (χ0) is 23.2. The average Bonchev–Trinajstić information content (AvgIpc) is 2.70. The number of hydrogen-bond acceptors (Lipinski definition) is 2. The highest BCUT2D eigenvalue weighted by atomic mass is 79.9. The van der Waals surface area contributed by atoms with Crippen LogP contribution in [0.1, 0.15) is 70.6 Å². The summed E-state index contributed by atoms with van der Waals surface area (Å²) in [5.74, 6) is 0.325. The highest BCUT2D eigenvalue weighted by Gasteiger charge is 2.28. The summed E-state index contributed by atoms with van der Waals surface area (Å²) in [7, 11) is 0. The first-order valence-electron chi connectivity index (χ1n) is 10.9. The second kappa shape index (κ2) is 10.9. The van der Waals surface area contributed by atoms with Crippen LogP contribution in [-0.4, -0.2) is 28.3 Å². The van der Waals surface area contributed by atoms with Gasteiger partial charge in [0.15, 0.2) is 0 Å². The fourth-order valence-corrected chi connectivity index (χ4v) is 3.57. The van der Waals surface area contributed by atoms with Crippen LogP contribution in [-0.2, 0) is 22.6 Å². The molecule has 1 N–H and O–H groups in total. The molecule has 4 nitrogen and oxygen atoms in total. The van der Waals surface area contributed by atoms with Gasteiger partial charge >= 0.3 is 0 Å². The summed E-state index contributed by atoms with van der Waals surface area (Å²) < 4.78 is 0.984. The van der Waals surface area contributed by atoms with E-state index in [4.69, 9.17) is 0 Å². The van der Waals surface area contributed by atoms with E-state index in [-0.39, 0.29) is 17.4 Å². The summed E-state index contributed by atoms with van der Waals surface area (Å²) >= 11 is 3.45. The van der Waals surface area contributed by atoms with Crippen LogP contribution < -0.4 is 5.32 Å². The van der Waals surface area contributed by atoms with Gasteiger partial charge in [0.2, 0.25) is 11.8 Å². The molecule has 2 amide bonds. The van der Waals surface area contributed by atoms with E-state index in [0.717, 1.165) is 15.6 Å². The SMILES string of the molecule is CC(C)c1ccc(CCC(=O)N(Cc2ccc(Br)cc2)[C@H](C)C(=O)NC(C)(C)C)cc1. The number of amides is 2. The fourth-order valence-electron chi connectivity index (χ4n) is 3.31. The summed E-state index contributed by atoms with van der Waals surface area (Å²) in [5, 5.41) is 3.00. The zero-order valence-electron chi connectivity index (χ0n) is 19.5. The Morgan fingerprint density at radius 1 is 0.935 bits per heavy atom. The lowest BCUT2D eigenvalue weighted by Gasteiger charge is -2.31. The molecular formula is C26H35BrN2O2. The topological polar surface area (TPSA) is 49.4 Å². The average molecular weight is 487 g/mol. The molecule has 31 heavy (non-hydrogen) atoms. The molecule has 0 fully saturated rings. The molecule has 0 spiro atoms. The van der Waals surface area contributed by atoms with Crippen molar-refractivity contribution in [3.63, 3.8) is 0 Å². The molecule has 2 aromatic carbocycles. The monoisotopic (exact) mass is 486 g/mol. The quantitative estimate of drug-likeness (QED) is 0.509. The van der Waals surface area contributed by atoms with Gasteiger partial charge in [-0.25, -0.2) is 0 Å². The molecule has 0 saturated heterocycles. The standard InChI is InChI=1S/C26H35BrN2O2/c1-18(2)22-12-7-20(8-13-22)11-16-24(30)29(17-21-9-14-23(27)15-10-21)19(3)25(31)28-26(4,5)6/h7-10,12-15,18-19H,11,16-17H2,1-6H3,(H,28,31)/t19-/m1/s1. The Morgan fingerprint density at radius 3 is 2.00 bits per heavy atom. The molecule has 2 rings (SSSR count). The molecule has 0 aliphatic carbocycles. The maximum absolute atomic E-state index is 13.2. The minimum absolute atomic E-state index is 0.0209. The summed E-state index contributed by atoms with van der Waals surface area (Å²) in [6.45, 7) is 12.4. The lowest BCUT2D eigenvalue weighted by Crippen LogP contribution is -2.52. The predicted molar refractivity (Wildman–Crippen MR) is 131 cm³/mol. The van der Waals surface area contributed by atoms with Crippen molar-refractivity contribution < 1.29 is 9.59 Å². The van der Waals surface area contributed by atoms with Gasteiger partial charge < -0.3 is 10.2 Å². The number of nitrogens with zero attached hydrogens (tertiary/aromatic N) is 1. The van der Waals surface area contributed by atoms with E-state index in [1.165, 1.54) is 5.56 Å². The Kier molecular flexibility index (Phi) is 8.87. The molecule has 168 valence electrons. The fraction of sp³-hybridized carbons (Fsp3) is 0.462. The lowest BCUT2D eigenvalue weighted by molar-refractivity contribution is -0.141. The van der Waals surface area contributed by atoms with Gasteiger partial charge in [0.25, 0.3) is 0 Å². The molecule has 0 aliphatic rings. The molecule has 5 heteroatoms. The first-order chi connectivity index (χ1) is 14.5. The van der Waals surface area contributed by atoms with Crippen molar-refractivity contribution >= 4 is 27.7 Å². The van der Waals surface area contributed by atoms with Crippen LogP contribution in [0.4, 0.5) is 0 Å². The summed E-state index contributed by atoms with van der Waals surface area (Å²) in [5.41, 5.74) is 3.07. The van der Waals surface area contributed by atoms with Crippen LogP contribution in [0, 0.1) is 0 Å². The van der Waals surface area contributed by atoms with E-state index in [9.17, 15) is 9.59 Å². The van der Waals surface area contributed by atoms with Crippen LogP contribution in [0.2, 0.25) is 0 Å². The Hall–Kier alpha value is -2.14. The van der Waals surface area contributed by atoms with E-state index in [2.05, 4.69) is 59.4 Å². The van der Waals surface area contributed by atoms with Crippen molar-refractivity contribution in [3.8, 4) is 0 Å². The first-order valence-corrected chi connectivity index (χ1v) is 11.7. The number of hydrogen-bond donors (Lipinski definition) is 1. The first kappa shape index (κ1) is 25.1. The third kappa shape index (κ3) is 8.13. The Labute approximate surface area is 195 Å². The van der Waals surface area contributed by atoms with Crippen molar-refractivity contribution in [2.75, 3.05) is 0 Å². The van der Waals surface area contributed by atoms with Gasteiger partial charge in [0, 0.05) is 23.0 Å². The molecule has 0 saturated carbocycles. The van der Waals surface area contributed by atoms with Gasteiger partial charge in [-0.1, -0.05) is 66.2 Å². The normalized spacial score (nSPS) is 12.5. The van der Waals surface area contributed by atoms with Gasteiger partial charge in [-0.15, -0.1) is 0 Å². The van der Waals surface area contributed by atoms with Crippen molar-refractivity contribution in [2.24, 2.45) is 0 Å². The molecule has 0 radical (unpaired) electrons. The summed E-state index contributed by atoms with van der Waals surface area (Å²) in [4.78, 5) is 27.7. The van der Waals surface area contributed by atoms with E-state index in [1.807, 2.05) is 45.0 Å². The minimum atomic E-state index is -0.557. The molecule has 0 bridgehead atoms. The van der Waals surface area contributed by atoms with Gasteiger partial charge in [-0.3, -0.25) is 9.59 Å². The number of halogens is 1. The number of aryl methyl sites for hydroxylation is 1. The minimum Gasteiger partial charge on any atom is -0.350 e. The summed E-state index contributed by atoms with van der Waals surface area (Å²) in [6, 6.07) is 15.7. The van der Waals surface area contributed by atoms with Crippen LogP contribution in [0.3, 0.4) is 0 Å². The van der Waals surface area contributed by atoms with Crippen LogP contribution in [0.25, 0.3) is 0 Å². The molecule has 0 aliphatic heterocycles. The summed E-state index contributed by atoms with van der Waals surface area (Å²) in [6.07, 6.45) is 1.02. The Balaban J connectivity index is 2.14. The molecule has 0 aromatic heterocycles. The van der Waals surface area contributed by atoms with Crippen LogP contribution in [0.15, 0.2) is 53.0 Å². The van der Waals surface area contributed by atoms with Crippen molar-refractivity contribution in [2.45, 2.75) is 78.4 Å². The van der Waals surface area contributed by atoms with Gasteiger partial charge in [-0.05, 0) is 68.9 Å². The second-order valence-electron chi connectivity index (χ2n) is 9.46. The van der Waals surface area contributed by atoms with Crippen LogP contribution >= 0.6 is 15.9 Å². The number of rotatable bonds is 8. The number of carbonyl (C=O) groups is 2. The third-order valence-electron chi connectivity index (χ3n) is 5.21. The number of benzene rings is 2. The van der Waals surface area contributed by atoms with E-state index in [1.54, 1.807) is 11.8 Å². The molecular weight excluding hydrogens is 452 g/mol. The van der Waals surface area contributed by atoms with E-state index >= 15 is 0 Å². The highest BCUT2D eigenvalue weighted by Crippen LogP contribution is 2.18. The van der Waals surface area contributed by atoms with Gasteiger partial charge in [0.1, 0.15) is 6.04 Å². The smallest absolute Gasteiger partial charge is 0.242 e. The van der Waals surface area contributed by atoms with Crippen molar-refractivity contribution in [1.82, 2.24) is 10.2 Å². The molecule has 2 aromatic rings. The zero-order valence-corrected chi connectivity index (χ0v) is 21.1.